The number of hydrogen-bond donors (Lipinski definition) is 1. The summed E-state index contributed by atoms with van der Waals surface area (Å²) in [5.41, 5.74) is 0.295. The summed E-state index contributed by atoms with van der Waals surface area (Å²) in [6.07, 6.45) is -3.17. The minimum Gasteiger partial charge on any atom is -0.457 e. The molecule has 0 amide bonds. The predicted molar refractivity (Wildman–Crippen MR) is 110 cm³/mol. The summed E-state index contributed by atoms with van der Waals surface area (Å²) in [6, 6.07) is 18.0. The number of halogens is 3. The molecule has 0 unspecified atom stereocenters. The van der Waals surface area contributed by atoms with Crippen LogP contribution in [0, 0.1) is 0 Å². The molecule has 4 rings (SSSR count). The zero-order chi connectivity index (χ0) is 22.2. The van der Waals surface area contributed by atoms with Crippen molar-refractivity contribution in [3.63, 3.8) is 0 Å². The van der Waals surface area contributed by atoms with Crippen LogP contribution in [-0.2, 0) is 16.2 Å². The normalized spacial score (nSPS) is 12.1. The Balaban J connectivity index is 1.71. The number of primary sulfonamides is 1. The number of fused-ring (bicyclic) bond motifs is 1. The van der Waals surface area contributed by atoms with Crippen molar-refractivity contribution in [1.82, 2.24) is 4.98 Å². The summed E-state index contributed by atoms with van der Waals surface area (Å²) in [5.74, 6) is 0.807. The molecular weight excluding hydrogens is 429 g/mol. The molecule has 1 heterocycles. The SMILES string of the molecule is NS(=O)(=O)c1ccc(Oc2cccc(-c3ccnc4c(C(F)(F)F)cccc34)c2)cc1. The third-order valence-electron chi connectivity index (χ3n) is 4.61. The van der Waals surface area contributed by atoms with Gasteiger partial charge in [-0.25, -0.2) is 13.6 Å². The average molecular weight is 444 g/mol. The Morgan fingerprint density at radius 2 is 1.58 bits per heavy atom. The van der Waals surface area contributed by atoms with Crippen molar-refractivity contribution in [2.75, 3.05) is 0 Å². The maximum atomic E-state index is 13.4. The Morgan fingerprint density at radius 1 is 0.871 bits per heavy atom. The molecule has 3 aromatic carbocycles. The molecule has 0 fully saturated rings. The monoisotopic (exact) mass is 444 g/mol. The maximum absolute atomic E-state index is 13.4. The van der Waals surface area contributed by atoms with Crippen LogP contribution in [0.1, 0.15) is 5.56 Å². The van der Waals surface area contributed by atoms with Crippen molar-refractivity contribution >= 4 is 20.9 Å². The van der Waals surface area contributed by atoms with E-state index >= 15 is 0 Å². The van der Waals surface area contributed by atoms with Crippen LogP contribution in [0.2, 0.25) is 0 Å². The highest BCUT2D eigenvalue weighted by Crippen LogP contribution is 2.37. The highest BCUT2D eigenvalue weighted by atomic mass is 32.2. The summed E-state index contributed by atoms with van der Waals surface area (Å²) in [4.78, 5) is 3.90. The second-order valence-electron chi connectivity index (χ2n) is 6.70. The number of para-hydroxylation sites is 1. The van der Waals surface area contributed by atoms with E-state index in [1.54, 1.807) is 36.4 Å². The Hall–Kier alpha value is -3.43. The van der Waals surface area contributed by atoms with Crippen LogP contribution >= 0.6 is 0 Å². The Labute approximate surface area is 176 Å². The van der Waals surface area contributed by atoms with Gasteiger partial charge in [-0.1, -0.05) is 24.3 Å². The molecule has 0 saturated carbocycles. The number of ether oxygens (including phenoxy) is 1. The van der Waals surface area contributed by atoms with Crippen molar-refractivity contribution in [3.05, 3.63) is 84.6 Å². The first kappa shape index (κ1) is 20.8. The van der Waals surface area contributed by atoms with Gasteiger partial charge in [-0.3, -0.25) is 4.98 Å². The van der Waals surface area contributed by atoms with Crippen LogP contribution in [0.5, 0.6) is 11.5 Å². The van der Waals surface area contributed by atoms with E-state index in [1.807, 2.05) is 0 Å². The largest absolute Gasteiger partial charge is 0.457 e. The van der Waals surface area contributed by atoms with Crippen LogP contribution in [0.15, 0.2) is 83.9 Å². The molecule has 9 heteroatoms. The van der Waals surface area contributed by atoms with Gasteiger partial charge >= 0.3 is 6.18 Å². The first-order valence-electron chi connectivity index (χ1n) is 8.99. The second-order valence-corrected chi connectivity index (χ2v) is 8.27. The molecule has 5 nitrogen and oxygen atoms in total. The van der Waals surface area contributed by atoms with Crippen LogP contribution < -0.4 is 9.88 Å². The van der Waals surface area contributed by atoms with Crippen molar-refractivity contribution in [2.24, 2.45) is 5.14 Å². The smallest absolute Gasteiger partial charge is 0.418 e. The van der Waals surface area contributed by atoms with E-state index in [9.17, 15) is 21.6 Å². The lowest BCUT2D eigenvalue weighted by molar-refractivity contribution is -0.136. The van der Waals surface area contributed by atoms with E-state index in [4.69, 9.17) is 9.88 Å². The van der Waals surface area contributed by atoms with Gasteiger partial charge < -0.3 is 4.74 Å². The molecule has 0 aliphatic heterocycles. The quantitative estimate of drug-likeness (QED) is 0.459. The van der Waals surface area contributed by atoms with Crippen molar-refractivity contribution in [1.29, 1.82) is 0 Å². The summed E-state index contributed by atoms with van der Waals surface area (Å²) >= 11 is 0. The van der Waals surface area contributed by atoms with Gasteiger partial charge in [0.1, 0.15) is 11.5 Å². The summed E-state index contributed by atoms with van der Waals surface area (Å²) < 4.78 is 68.5. The lowest BCUT2D eigenvalue weighted by Crippen LogP contribution is -2.11. The van der Waals surface area contributed by atoms with E-state index in [1.165, 1.54) is 36.5 Å². The molecule has 2 N–H and O–H groups in total. The zero-order valence-electron chi connectivity index (χ0n) is 15.8. The van der Waals surface area contributed by atoms with Crippen LogP contribution in [0.25, 0.3) is 22.0 Å². The van der Waals surface area contributed by atoms with Gasteiger partial charge in [0.15, 0.2) is 0 Å². The molecule has 0 aliphatic carbocycles. The van der Waals surface area contributed by atoms with Gasteiger partial charge in [-0.05, 0) is 59.7 Å². The van der Waals surface area contributed by atoms with Crippen molar-refractivity contribution in [3.8, 4) is 22.6 Å². The molecule has 0 aliphatic rings. The van der Waals surface area contributed by atoms with Crippen LogP contribution in [0.4, 0.5) is 13.2 Å². The number of nitrogens with zero attached hydrogens (tertiary/aromatic N) is 1. The number of pyridine rings is 1. The van der Waals surface area contributed by atoms with E-state index in [-0.39, 0.29) is 10.4 Å². The molecule has 0 bridgehead atoms. The minimum absolute atomic E-state index is 0.0441. The lowest BCUT2D eigenvalue weighted by Gasteiger charge is -2.13. The number of benzene rings is 3. The fraction of sp³-hybridized carbons (Fsp3) is 0.0455. The van der Waals surface area contributed by atoms with Gasteiger partial charge in [0.25, 0.3) is 0 Å². The van der Waals surface area contributed by atoms with Crippen LogP contribution in [-0.4, -0.2) is 13.4 Å². The number of nitrogens with two attached hydrogens (primary N) is 1. The highest BCUT2D eigenvalue weighted by Gasteiger charge is 2.33. The molecule has 1 aromatic heterocycles. The third-order valence-corrected chi connectivity index (χ3v) is 5.54. The molecule has 31 heavy (non-hydrogen) atoms. The molecule has 158 valence electrons. The van der Waals surface area contributed by atoms with Gasteiger partial charge in [-0.2, -0.15) is 13.2 Å². The Kier molecular flexibility index (Phi) is 5.16. The number of alkyl halides is 3. The third kappa shape index (κ3) is 4.37. The van der Waals surface area contributed by atoms with E-state index < -0.39 is 21.8 Å². The zero-order valence-corrected chi connectivity index (χ0v) is 16.6. The fourth-order valence-electron chi connectivity index (χ4n) is 3.22. The average Bonchev–Trinajstić information content (AvgIpc) is 2.72. The number of hydrogen-bond acceptors (Lipinski definition) is 4. The van der Waals surface area contributed by atoms with E-state index in [2.05, 4.69) is 4.98 Å². The first-order chi connectivity index (χ1) is 14.6. The lowest BCUT2D eigenvalue weighted by atomic mass is 9.99. The van der Waals surface area contributed by atoms with Crippen LogP contribution in [0.3, 0.4) is 0 Å². The fourth-order valence-corrected chi connectivity index (χ4v) is 3.73. The Bertz CT molecular complexity index is 1370. The predicted octanol–water partition coefficient (Wildman–Crippen LogP) is 5.36. The number of sulfonamides is 1. The standard InChI is InChI=1S/C22H15F3N2O3S/c23-22(24,25)20-6-2-5-19-18(11-12-27-21(19)20)14-3-1-4-16(13-14)30-15-7-9-17(10-8-15)31(26,28)29/h1-13H,(H2,26,28,29). The van der Waals surface area contributed by atoms with Gasteiger partial charge in [0.05, 0.1) is 16.0 Å². The Morgan fingerprint density at radius 3 is 2.26 bits per heavy atom. The summed E-state index contributed by atoms with van der Waals surface area (Å²) in [5, 5.41) is 5.45. The van der Waals surface area contributed by atoms with Crippen molar-refractivity contribution < 1.29 is 26.3 Å². The molecule has 0 spiro atoms. The van der Waals surface area contributed by atoms with Gasteiger partial charge in [0, 0.05) is 11.6 Å². The highest BCUT2D eigenvalue weighted by molar-refractivity contribution is 7.89. The molecule has 0 radical (unpaired) electrons. The molecule has 0 atom stereocenters. The summed E-state index contributed by atoms with van der Waals surface area (Å²) in [7, 11) is -3.81. The van der Waals surface area contributed by atoms with Gasteiger partial charge in [0.2, 0.25) is 10.0 Å². The minimum atomic E-state index is -4.51. The summed E-state index contributed by atoms with van der Waals surface area (Å²) in [6.45, 7) is 0. The number of rotatable bonds is 4. The van der Waals surface area contributed by atoms with E-state index in [0.717, 1.165) is 6.07 Å². The topological polar surface area (TPSA) is 82.3 Å². The number of aromatic nitrogens is 1. The molecule has 0 saturated heterocycles. The van der Waals surface area contributed by atoms with Gasteiger partial charge in [-0.15, -0.1) is 0 Å². The maximum Gasteiger partial charge on any atom is 0.418 e. The van der Waals surface area contributed by atoms with Crippen molar-refractivity contribution in [2.45, 2.75) is 11.1 Å². The molecular formula is C22H15F3N2O3S. The molecule has 4 aromatic rings. The first-order valence-corrected chi connectivity index (χ1v) is 10.5. The second kappa shape index (κ2) is 7.68. The van der Waals surface area contributed by atoms with E-state index in [0.29, 0.717) is 28.0 Å².